The van der Waals surface area contributed by atoms with Crippen molar-refractivity contribution in [3.63, 3.8) is 0 Å². The number of hydrogen-bond donors (Lipinski definition) is 1. The predicted octanol–water partition coefficient (Wildman–Crippen LogP) is 2.21. The molecule has 2 aromatic rings. The highest BCUT2D eigenvalue weighted by Gasteiger charge is 2.09. The van der Waals surface area contributed by atoms with Gasteiger partial charge in [0.1, 0.15) is 5.75 Å². The highest BCUT2D eigenvalue weighted by Crippen LogP contribution is 2.29. The molecular formula is C12H12N2O2. The SMILES string of the molecule is COc1ccc(C)cc1-c1cc(C=O)[nH]n1. The number of methoxy groups -OCH3 is 1. The Labute approximate surface area is 93.3 Å². The first kappa shape index (κ1) is 10.4. The van der Waals surface area contributed by atoms with Crippen LogP contribution in [0.1, 0.15) is 16.1 Å². The number of H-pyrrole nitrogens is 1. The fourth-order valence-electron chi connectivity index (χ4n) is 1.56. The molecule has 1 heterocycles. The fraction of sp³-hybridized carbons (Fsp3) is 0.167. The van der Waals surface area contributed by atoms with E-state index in [2.05, 4.69) is 10.2 Å². The van der Waals surface area contributed by atoms with E-state index in [-0.39, 0.29) is 0 Å². The first-order valence-corrected chi connectivity index (χ1v) is 4.90. The molecule has 0 aliphatic carbocycles. The van der Waals surface area contributed by atoms with Crippen LogP contribution in [0.4, 0.5) is 0 Å². The normalized spacial score (nSPS) is 10.1. The maximum atomic E-state index is 10.6. The lowest BCUT2D eigenvalue weighted by Gasteiger charge is -2.06. The molecule has 82 valence electrons. The Morgan fingerprint density at radius 2 is 2.19 bits per heavy atom. The van der Waals surface area contributed by atoms with Gasteiger partial charge in [-0.2, -0.15) is 5.10 Å². The monoisotopic (exact) mass is 216 g/mol. The van der Waals surface area contributed by atoms with Crippen molar-refractivity contribution < 1.29 is 9.53 Å². The lowest BCUT2D eigenvalue weighted by Crippen LogP contribution is -1.88. The van der Waals surface area contributed by atoms with Crippen LogP contribution in [-0.2, 0) is 0 Å². The number of carbonyl (C=O) groups excluding carboxylic acids is 1. The third kappa shape index (κ3) is 1.82. The largest absolute Gasteiger partial charge is 0.496 e. The second-order valence-corrected chi connectivity index (χ2v) is 3.53. The van der Waals surface area contributed by atoms with Gasteiger partial charge in [-0.3, -0.25) is 9.89 Å². The molecule has 0 aliphatic heterocycles. The summed E-state index contributed by atoms with van der Waals surface area (Å²) in [5.41, 5.74) is 3.17. The second kappa shape index (κ2) is 4.18. The minimum atomic E-state index is 0.457. The van der Waals surface area contributed by atoms with Gasteiger partial charge in [0, 0.05) is 5.56 Å². The summed E-state index contributed by atoms with van der Waals surface area (Å²) >= 11 is 0. The lowest BCUT2D eigenvalue weighted by atomic mass is 10.1. The van der Waals surface area contributed by atoms with Crippen molar-refractivity contribution in [1.82, 2.24) is 10.2 Å². The zero-order chi connectivity index (χ0) is 11.5. The van der Waals surface area contributed by atoms with Crippen molar-refractivity contribution in [2.45, 2.75) is 6.92 Å². The number of nitrogens with one attached hydrogen (secondary N) is 1. The second-order valence-electron chi connectivity index (χ2n) is 3.53. The number of aldehydes is 1. The van der Waals surface area contributed by atoms with Crippen LogP contribution in [0, 0.1) is 6.92 Å². The molecular weight excluding hydrogens is 204 g/mol. The Morgan fingerprint density at radius 3 is 2.81 bits per heavy atom. The molecule has 0 aliphatic rings. The van der Waals surface area contributed by atoms with Gasteiger partial charge in [-0.1, -0.05) is 11.6 Å². The number of nitrogens with zero attached hydrogens (tertiary/aromatic N) is 1. The lowest BCUT2D eigenvalue weighted by molar-refractivity contribution is 0.111. The third-order valence-corrected chi connectivity index (χ3v) is 2.36. The summed E-state index contributed by atoms with van der Waals surface area (Å²) in [7, 11) is 1.61. The highest BCUT2D eigenvalue weighted by molar-refractivity contribution is 5.77. The first-order chi connectivity index (χ1) is 7.74. The topological polar surface area (TPSA) is 55.0 Å². The van der Waals surface area contributed by atoms with E-state index in [0.717, 1.165) is 23.2 Å². The predicted molar refractivity (Wildman–Crippen MR) is 60.7 cm³/mol. The molecule has 0 unspecified atom stereocenters. The zero-order valence-electron chi connectivity index (χ0n) is 9.15. The van der Waals surface area contributed by atoms with Gasteiger partial charge in [-0.15, -0.1) is 0 Å². The molecule has 1 N–H and O–H groups in total. The van der Waals surface area contributed by atoms with Gasteiger partial charge in [0.2, 0.25) is 0 Å². The van der Waals surface area contributed by atoms with E-state index < -0.39 is 0 Å². The maximum absolute atomic E-state index is 10.6. The summed E-state index contributed by atoms with van der Waals surface area (Å²) in [6.07, 6.45) is 0.735. The number of aromatic nitrogens is 2. The molecule has 0 spiro atoms. The van der Waals surface area contributed by atoms with Crippen LogP contribution < -0.4 is 4.74 Å². The number of aryl methyl sites for hydroxylation is 1. The van der Waals surface area contributed by atoms with E-state index in [1.165, 1.54) is 0 Å². The standard InChI is InChI=1S/C12H12N2O2/c1-8-3-4-12(16-2)10(5-8)11-6-9(7-15)13-14-11/h3-7H,1-2H3,(H,13,14). The van der Waals surface area contributed by atoms with Gasteiger partial charge >= 0.3 is 0 Å². The third-order valence-electron chi connectivity index (χ3n) is 2.36. The summed E-state index contributed by atoms with van der Waals surface area (Å²) in [4.78, 5) is 10.6. The van der Waals surface area contributed by atoms with Gasteiger partial charge < -0.3 is 4.74 Å². The Hall–Kier alpha value is -2.10. The van der Waals surface area contributed by atoms with Crippen molar-refractivity contribution in [2.24, 2.45) is 0 Å². The van der Waals surface area contributed by atoms with Crippen LogP contribution in [0.15, 0.2) is 24.3 Å². The Kier molecular flexibility index (Phi) is 2.72. The van der Waals surface area contributed by atoms with Crippen LogP contribution in [0.2, 0.25) is 0 Å². The Balaban J connectivity index is 2.53. The fourth-order valence-corrected chi connectivity index (χ4v) is 1.56. The summed E-state index contributed by atoms with van der Waals surface area (Å²) in [6, 6.07) is 7.53. The van der Waals surface area contributed by atoms with Crippen LogP contribution in [0.25, 0.3) is 11.3 Å². The number of aromatic amines is 1. The van der Waals surface area contributed by atoms with E-state index in [0.29, 0.717) is 11.4 Å². The van der Waals surface area contributed by atoms with E-state index in [4.69, 9.17) is 4.74 Å². The van der Waals surface area contributed by atoms with Gasteiger partial charge in [0.15, 0.2) is 6.29 Å². The van der Waals surface area contributed by atoms with Crippen molar-refractivity contribution in [2.75, 3.05) is 7.11 Å². The average molecular weight is 216 g/mol. The number of benzene rings is 1. The van der Waals surface area contributed by atoms with Crippen LogP contribution in [-0.4, -0.2) is 23.6 Å². The molecule has 0 saturated heterocycles. The van der Waals surface area contributed by atoms with Crippen molar-refractivity contribution in [1.29, 1.82) is 0 Å². The highest BCUT2D eigenvalue weighted by atomic mass is 16.5. The van der Waals surface area contributed by atoms with E-state index in [1.54, 1.807) is 13.2 Å². The van der Waals surface area contributed by atoms with Gasteiger partial charge in [0.05, 0.1) is 18.5 Å². The zero-order valence-corrected chi connectivity index (χ0v) is 9.15. The quantitative estimate of drug-likeness (QED) is 0.800. The number of ether oxygens (including phenoxy) is 1. The minimum Gasteiger partial charge on any atom is -0.496 e. The van der Waals surface area contributed by atoms with Gasteiger partial charge in [-0.05, 0) is 25.1 Å². The molecule has 2 rings (SSSR count). The minimum absolute atomic E-state index is 0.457. The molecule has 1 aromatic heterocycles. The average Bonchev–Trinajstić information content (AvgIpc) is 2.77. The van der Waals surface area contributed by atoms with Crippen LogP contribution in [0.5, 0.6) is 5.75 Å². The molecule has 0 amide bonds. The molecule has 0 atom stereocenters. The summed E-state index contributed by atoms with van der Waals surface area (Å²) < 4.78 is 5.26. The first-order valence-electron chi connectivity index (χ1n) is 4.90. The van der Waals surface area contributed by atoms with E-state index in [1.807, 2.05) is 25.1 Å². The molecule has 1 aromatic carbocycles. The molecule has 0 saturated carbocycles. The van der Waals surface area contributed by atoms with E-state index in [9.17, 15) is 4.79 Å². The molecule has 0 radical (unpaired) electrons. The smallest absolute Gasteiger partial charge is 0.167 e. The number of hydrogen-bond acceptors (Lipinski definition) is 3. The summed E-state index contributed by atoms with van der Waals surface area (Å²) in [5, 5.41) is 6.72. The van der Waals surface area contributed by atoms with Gasteiger partial charge in [0.25, 0.3) is 0 Å². The number of rotatable bonds is 3. The van der Waals surface area contributed by atoms with Crippen molar-refractivity contribution in [3.8, 4) is 17.0 Å². The molecule has 16 heavy (non-hydrogen) atoms. The van der Waals surface area contributed by atoms with Crippen LogP contribution in [0.3, 0.4) is 0 Å². The Morgan fingerprint density at radius 1 is 1.38 bits per heavy atom. The molecule has 4 nitrogen and oxygen atoms in total. The maximum Gasteiger partial charge on any atom is 0.167 e. The Bertz CT molecular complexity index is 517. The molecule has 0 fully saturated rings. The van der Waals surface area contributed by atoms with Gasteiger partial charge in [-0.25, -0.2) is 0 Å². The summed E-state index contributed by atoms with van der Waals surface area (Å²) in [6.45, 7) is 2.00. The summed E-state index contributed by atoms with van der Waals surface area (Å²) in [5.74, 6) is 0.745. The van der Waals surface area contributed by atoms with Crippen molar-refractivity contribution in [3.05, 3.63) is 35.5 Å². The van der Waals surface area contributed by atoms with Crippen LogP contribution >= 0.6 is 0 Å². The van der Waals surface area contributed by atoms with E-state index >= 15 is 0 Å². The number of carbonyl (C=O) groups is 1. The molecule has 4 heteroatoms. The van der Waals surface area contributed by atoms with Crippen molar-refractivity contribution >= 4 is 6.29 Å². The molecule has 0 bridgehead atoms.